The molecule has 1 aromatic heterocycles. The van der Waals surface area contributed by atoms with Gasteiger partial charge in [-0.25, -0.2) is 4.79 Å². The predicted octanol–water partition coefficient (Wildman–Crippen LogP) is 2.42. The van der Waals surface area contributed by atoms with Crippen molar-refractivity contribution in [1.29, 1.82) is 0 Å². The van der Waals surface area contributed by atoms with Crippen molar-refractivity contribution >= 4 is 5.97 Å². The van der Waals surface area contributed by atoms with Gasteiger partial charge in [-0.3, -0.25) is 0 Å². The summed E-state index contributed by atoms with van der Waals surface area (Å²) in [5, 5.41) is 8.96. The molecule has 0 saturated heterocycles. The average Bonchev–Trinajstić information content (AvgIpc) is 2.38. The van der Waals surface area contributed by atoms with Gasteiger partial charge >= 0.3 is 5.97 Å². The van der Waals surface area contributed by atoms with Gasteiger partial charge in [0.25, 0.3) is 0 Å². The molecule has 0 unspecified atom stereocenters. The highest BCUT2D eigenvalue weighted by atomic mass is 16.4. The van der Waals surface area contributed by atoms with Gasteiger partial charge in [0.1, 0.15) is 0 Å². The third-order valence-corrected chi connectivity index (χ3v) is 2.40. The number of hydrogen-bond acceptors (Lipinski definition) is 1. The van der Waals surface area contributed by atoms with Crippen LogP contribution in [0.2, 0.25) is 0 Å². The Hall–Kier alpha value is -1.25. The third kappa shape index (κ3) is 1.97. The molecule has 0 atom stereocenters. The number of carbonyl (C=O) groups is 1. The molecule has 1 rings (SSSR count). The van der Waals surface area contributed by atoms with Crippen molar-refractivity contribution in [3.05, 3.63) is 29.9 Å². The van der Waals surface area contributed by atoms with Gasteiger partial charge in [-0.05, 0) is 25.8 Å². The molecule has 14 heavy (non-hydrogen) atoms. The number of aromatic carboxylic acids is 1. The lowest BCUT2D eigenvalue weighted by molar-refractivity contribution is 0.0695. The Morgan fingerprint density at radius 1 is 1.57 bits per heavy atom. The molecule has 0 aliphatic heterocycles. The second-order valence-electron chi connectivity index (χ2n) is 3.48. The molecule has 3 heteroatoms. The van der Waals surface area contributed by atoms with Crippen LogP contribution in [0.1, 0.15) is 34.5 Å². The summed E-state index contributed by atoms with van der Waals surface area (Å²) in [6.45, 7) is 8.29. The Balaban J connectivity index is 2.98. The number of hydrogen-bond donors (Lipinski definition) is 1. The predicted molar refractivity (Wildman–Crippen MR) is 55.5 cm³/mol. The van der Waals surface area contributed by atoms with Crippen molar-refractivity contribution in [3.63, 3.8) is 0 Å². The first-order chi connectivity index (χ1) is 6.57. The van der Waals surface area contributed by atoms with E-state index in [4.69, 9.17) is 5.11 Å². The quantitative estimate of drug-likeness (QED) is 0.799. The fraction of sp³-hybridized carbons (Fsp3) is 0.455. The van der Waals surface area contributed by atoms with E-state index in [1.807, 2.05) is 24.6 Å². The Morgan fingerprint density at radius 2 is 2.21 bits per heavy atom. The van der Waals surface area contributed by atoms with Crippen molar-refractivity contribution < 1.29 is 9.90 Å². The molecular formula is C11H16NO2. The van der Waals surface area contributed by atoms with Crippen molar-refractivity contribution in [2.45, 2.75) is 33.2 Å². The number of aryl methyl sites for hydroxylation is 2. The molecule has 0 bridgehead atoms. The number of unbranched alkanes of at least 4 members (excludes halogenated alkanes) is 1. The summed E-state index contributed by atoms with van der Waals surface area (Å²) >= 11 is 0. The minimum Gasteiger partial charge on any atom is -0.478 e. The molecule has 0 spiro atoms. The summed E-state index contributed by atoms with van der Waals surface area (Å²) < 4.78 is 1.99. The lowest BCUT2D eigenvalue weighted by atomic mass is 10.2. The van der Waals surface area contributed by atoms with E-state index in [0.717, 1.165) is 30.6 Å². The summed E-state index contributed by atoms with van der Waals surface area (Å²) in [4.78, 5) is 10.9. The molecule has 77 valence electrons. The number of rotatable bonds is 4. The van der Waals surface area contributed by atoms with Gasteiger partial charge in [0.2, 0.25) is 0 Å². The Labute approximate surface area is 84.4 Å². The number of carboxylic acid groups (broad SMARTS) is 1. The zero-order valence-corrected chi connectivity index (χ0v) is 8.71. The van der Waals surface area contributed by atoms with Crippen molar-refractivity contribution in [1.82, 2.24) is 4.57 Å². The maximum Gasteiger partial charge on any atom is 0.337 e. The van der Waals surface area contributed by atoms with E-state index in [-0.39, 0.29) is 0 Å². The Morgan fingerprint density at radius 3 is 2.64 bits per heavy atom. The molecule has 0 aliphatic carbocycles. The maximum absolute atomic E-state index is 10.9. The second-order valence-corrected chi connectivity index (χ2v) is 3.48. The van der Waals surface area contributed by atoms with Gasteiger partial charge in [0.05, 0.1) is 5.56 Å². The smallest absolute Gasteiger partial charge is 0.337 e. The van der Waals surface area contributed by atoms with Crippen molar-refractivity contribution in [2.24, 2.45) is 0 Å². The van der Waals surface area contributed by atoms with E-state index >= 15 is 0 Å². The number of aromatic nitrogens is 1. The summed E-state index contributed by atoms with van der Waals surface area (Å²) in [6.07, 6.45) is 3.75. The molecule has 1 aromatic rings. The SMILES string of the molecule is [CH2]CCCn1cc(C)c(C(=O)O)c1C. The molecule has 0 aliphatic rings. The van der Waals surface area contributed by atoms with Crippen LogP contribution in [0.4, 0.5) is 0 Å². The summed E-state index contributed by atoms with van der Waals surface area (Å²) in [7, 11) is 0. The summed E-state index contributed by atoms with van der Waals surface area (Å²) in [5.74, 6) is -0.839. The first-order valence-corrected chi connectivity index (χ1v) is 4.76. The van der Waals surface area contributed by atoms with Crippen LogP contribution in [0.15, 0.2) is 6.20 Å². The van der Waals surface area contributed by atoms with Crippen LogP contribution in [0.5, 0.6) is 0 Å². The van der Waals surface area contributed by atoms with Gasteiger partial charge < -0.3 is 9.67 Å². The van der Waals surface area contributed by atoms with Gasteiger partial charge in [-0.15, -0.1) is 0 Å². The Bertz CT molecular complexity index is 339. The molecule has 0 amide bonds. The van der Waals surface area contributed by atoms with E-state index in [2.05, 4.69) is 6.92 Å². The molecule has 0 saturated carbocycles. The average molecular weight is 194 g/mol. The fourth-order valence-corrected chi connectivity index (χ4v) is 1.66. The monoisotopic (exact) mass is 194 g/mol. The van der Waals surface area contributed by atoms with Crippen LogP contribution in [-0.2, 0) is 6.54 Å². The second kappa shape index (κ2) is 4.31. The number of carboxylic acids is 1. The minimum absolute atomic E-state index is 0.439. The minimum atomic E-state index is -0.839. The first kappa shape index (κ1) is 10.8. The van der Waals surface area contributed by atoms with Crippen molar-refractivity contribution in [2.75, 3.05) is 0 Å². The zero-order chi connectivity index (χ0) is 10.7. The Kier molecular flexibility index (Phi) is 3.33. The topological polar surface area (TPSA) is 42.2 Å². The molecule has 1 heterocycles. The van der Waals surface area contributed by atoms with Crippen LogP contribution in [0, 0.1) is 20.8 Å². The van der Waals surface area contributed by atoms with Crippen LogP contribution in [0.25, 0.3) is 0 Å². The van der Waals surface area contributed by atoms with E-state index < -0.39 is 5.97 Å². The third-order valence-electron chi connectivity index (χ3n) is 2.40. The van der Waals surface area contributed by atoms with E-state index in [1.54, 1.807) is 0 Å². The largest absolute Gasteiger partial charge is 0.478 e. The van der Waals surface area contributed by atoms with Gasteiger partial charge in [0.15, 0.2) is 0 Å². The zero-order valence-electron chi connectivity index (χ0n) is 8.71. The molecule has 1 radical (unpaired) electrons. The highest BCUT2D eigenvalue weighted by molar-refractivity contribution is 5.90. The van der Waals surface area contributed by atoms with Crippen LogP contribution < -0.4 is 0 Å². The van der Waals surface area contributed by atoms with E-state index in [9.17, 15) is 4.79 Å². The standard InChI is InChI=1S/C11H16NO2/c1-4-5-6-12-7-8(2)10(9(12)3)11(13)14/h7H,1,4-6H2,2-3H3,(H,13,14). The lowest BCUT2D eigenvalue weighted by Gasteiger charge is -2.04. The van der Waals surface area contributed by atoms with Crippen LogP contribution in [0.3, 0.4) is 0 Å². The molecular weight excluding hydrogens is 178 g/mol. The highest BCUT2D eigenvalue weighted by Gasteiger charge is 2.14. The molecule has 3 nitrogen and oxygen atoms in total. The maximum atomic E-state index is 10.9. The fourth-order valence-electron chi connectivity index (χ4n) is 1.66. The van der Waals surface area contributed by atoms with E-state index in [1.165, 1.54) is 0 Å². The summed E-state index contributed by atoms with van der Waals surface area (Å²) in [6, 6.07) is 0. The lowest BCUT2D eigenvalue weighted by Crippen LogP contribution is -2.03. The van der Waals surface area contributed by atoms with Crippen LogP contribution in [-0.4, -0.2) is 15.6 Å². The van der Waals surface area contributed by atoms with Crippen molar-refractivity contribution in [3.8, 4) is 0 Å². The van der Waals surface area contributed by atoms with E-state index in [0.29, 0.717) is 5.56 Å². The van der Waals surface area contributed by atoms with Gasteiger partial charge in [-0.1, -0.05) is 13.3 Å². The summed E-state index contributed by atoms with van der Waals surface area (Å²) in [5.41, 5.74) is 2.11. The van der Waals surface area contributed by atoms with Gasteiger partial charge in [0, 0.05) is 18.4 Å². The normalized spacial score (nSPS) is 10.5. The first-order valence-electron chi connectivity index (χ1n) is 4.76. The molecule has 0 aromatic carbocycles. The number of nitrogens with zero attached hydrogens (tertiary/aromatic N) is 1. The molecule has 1 N–H and O–H groups in total. The molecule has 0 fully saturated rings. The highest BCUT2D eigenvalue weighted by Crippen LogP contribution is 2.16. The van der Waals surface area contributed by atoms with Crippen LogP contribution >= 0.6 is 0 Å². The van der Waals surface area contributed by atoms with Gasteiger partial charge in [-0.2, -0.15) is 0 Å².